The molecule has 9 aromatic rings. The van der Waals surface area contributed by atoms with E-state index in [2.05, 4.69) is 193 Å². The molecule has 3 heterocycles. The van der Waals surface area contributed by atoms with Gasteiger partial charge in [0.2, 0.25) is 0 Å². The fourth-order valence-corrected chi connectivity index (χ4v) is 9.82. The third-order valence-corrected chi connectivity index (χ3v) is 12.8. The number of rotatable bonds is 3. The zero-order chi connectivity index (χ0) is 40.4. The molecule has 11 rings (SSSR count). The number of benzene rings is 6. The van der Waals surface area contributed by atoms with E-state index >= 15 is 0 Å². The SMILES string of the molecule is Cc1[c-]c2c(cc1)C1(c3ccccc3-c3ccccc31)c1ccc(-n3c4[c-]c(-c5ccccn5)ccc4c4cc(-c5cc(C(C)(C)C)cc(C(C)(C)C)c5)ccc43)nc1-2.[Pt+2]. The molecule has 0 N–H and O–H groups in total. The maximum Gasteiger partial charge on any atom is 2.00 e. The second-order valence-electron chi connectivity index (χ2n) is 18.6. The van der Waals surface area contributed by atoms with Gasteiger partial charge in [0.05, 0.1) is 0 Å². The molecule has 0 fully saturated rings. The van der Waals surface area contributed by atoms with E-state index in [0.717, 1.165) is 50.3 Å². The van der Waals surface area contributed by atoms with Crippen LogP contribution in [0.3, 0.4) is 0 Å². The summed E-state index contributed by atoms with van der Waals surface area (Å²) in [6.45, 7) is 15.9. The van der Waals surface area contributed by atoms with Crippen molar-refractivity contribution < 1.29 is 21.1 Å². The first-order chi connectivity index (χ1) is 28.4. The largest absolute Gasteiger partial charge is 2.00 e. The van der Waals surface area contributed by atoms with Crippen LogP contribution >= 0.6 is 0 Å². The fraction of sp³-hybridized carbons (Fsp3) is 0.179. The summed E-state index contributed by atoms with van der Waals surface area (Å²) in [6, 6.07) is 59.1. The van der Waals surface area contributed by atoms with Gasteiger partial charge in [-0.2, -0.15) is 0 Å². The molecule has 3 aromatic heterocycles. The molecule has 4 heteroatoms. The smallest absolute Gasteiger partial charge is 0.313 e. The number of hydrogen-bond donors (Lipinski definition) is 0. The minimum atomic E-state index is -0.477. The summed E-state index contributed by atoms with van der Waals surface area (Å²) in [5, 5.41) is 2.30. The van der Waals surface area contributed by atoms with Crippen LogP contribution in [0.5, 0.6) is 0 Å². The first kappa shape index (κ1) is 38.3. The summed E-state index contributed by atoms with van der Waals surface area (Å²) in [7, 11) is 0. The number of aromatic nitrogens is 3. The van der Waals surface area contributed by atoms with E-state index in [0.29, 0.717) is 0 Å². The van der Waals surface area contributed by atoms with Gasteiger partial charge in [-0.25, -0.2) is 0 Å². The van der Waals surface area contributed by atoms with Crippen molar-refractivity contribution in [2.75, 3.05) is 0 Å². The number of aryl methyl sites for hydroxylation is 1. The molecule has 0 saturated carbocycles. The van der Waals surface area contributed by atoms with Crippen molar-refractivity contribution in [3.05, 3.63) is 197 Å². The first-order valence-corrected chi connectivity index (χ1v) is 20.7. The molecule has 2 aliphatic rings. The molecule has 294 valence electrons. The van der Waals surface area contributed by atoms with Crippen molar-refractivity contribution in [1.82, 2.24) is 14.5 Å². The van der Waals surface area contributed by atoms with Crippen LogP contribution in [0.4, 0.5) is 0 Å². The van der Waals surface area contributed by atoms with Crippen molar-refractivity contribution in [1.29, 1.82) is 0 Å². The van der Waals surface area contributed by atoms with Gasteiger partial charge in [-0.05, 0) is 95.8 Å². The Bertz CT molecular complexity index is 3120. The molecular formula is C56H45N3Pt. The third-order valence-electron chi connectivity index (χ3n) is 12.8. The minimum Gasteiger partial charge on any atom is -0.313 e. The molecular weight excluding hydrogens is 910 g/mol. The Morgan fingerprint density at radius 1 is 0.567 bits per heavy atom. The van der Waals surface area contributed by atoms with Crippen LogP contribution in [-0.2, 0) is 37.3 Å². The zero-order valence-electron chi connectivity index (χ0n) is 35.0. The van der Waals surface area contributed by atoms with Crippen LogP contribution in [-0.4, -0.2) is 14.5 Å². The van der Waals surface area contributed by atoms with Crippen LogP contribution in [0.1, 0.15) is 80.5 Å². The molecule has 0 bridgehead atoms. The summed E-state index contributed by atoms with van der Waals surface area (Å²) in [5.41, 5.74) is 19.3. The third kappa shape index (κ3) is 5.59. The van der Waals surface area contributed by atoms with Gasteiger partial charge in [-0.3, -0.25) is 4.98 Å². The van der Waals surface area contributed by atoms with Gasteiger partial charge in [0.1, 0.15) is 5.82 Å². The first-order valence-electron chi connectivity index (χ1n) is 20.7. The molecule has 60 heavy (non-hydrogen) atoms. The molecule has 0 amide bonds. The van der Waals surface area contributed by atoms with Crippen LogP contribution in [0.25, 0.3) is 72.4 Å². The summed E-state index contributed by atoms with van der Waals surface area (Å²) < 4.78 is 2.31. The average Bonchev–Trinajstić information content (AvgIpc) is 3.83. The van der Waals surface area contributed by atoms with Crippen LogP contribution < -0.4 is 0 Å². The normalized spacial score (nSPS) is 13.6. The zero-order valence-corrected chi connectivity index (χ0v) is 37.3. The van der Waals surface area contributed by atoms with Gasteiger partial charge in [-0.15, -0.1) is 58.7 Å². The Labute approximate surface area is 367 Å². The van der Waals surface area contributed by atoms with Crippen molar-refractivity contribution in [3.8, 4) is 50.6 Å². The van der Waals surface area contributed by atoms with Crippen molar-refractivity contribution in [2.24, 2.45) is 0 Å². The molecule has 1 spiro atoms. The second kappa shape index (κ2) is 13.6. The van der Waals surface area contributed by atoms with E-state index in [1.165, 1.54) is 61.0 Å². The fourth-order valence-electron chi connectivity index (χ4n) is 9.82. The van der Waals surface area contributed by atoms with Gasteiger partial charge >= 0.3 is 21.1 Å². The van der Waals surface area contributed by atoms with Crippen LogP contribution in [0.2, 0.25) is 0 Å². The van der Waals surface area contributed by atoms with E-state index in [4.69, 9.17) is 9.97 Å². The maximum absolute atomic E-state index is 5.70. The number of pyridine rings is 2. The molecule has 2 aliphatic carbocycles. The van der Waals surface area contributed by atoms with E-state index in [1.807, 2.05) is 18.3 Å². The van der Waals surface area contributed by atoms with E-state index < -0.39 is 5.41 Å². The number of hydrogen-bond acceptors (Lipinski definition) is 2. The maximum atomic E-state index is 5.70. The van der Waals surface area contributed by atoms with Crippen molar-refractivity contribution >= 4 is 21.8 Å². The molecule has 3 nitrogen and oxygen atoms in total. The molecule has 0 atom stereocenters. The molecule has 0 saturated heterocycles. The quantitative estimate of drug-likeness (QED) is 0.165. The van der Waals surface area contributed by atoms with Gasteiger partial charge in [0, 0.05) is 17.1 Å². The van der Waals surface area contributed by atoms with Gasteiger partial charge < -0.3 is 9.55 Å². The molecule has 0 unspecified atom stereocenters. The molecule has 6 aromatic carbocycles. The second-order valence-corrected chi connectivity index (χ2v) is 18.6. The van der Waals surface area contributed by atoms with Crippen LogP contribution in [0, 0.1) is 19.1 Å². The average molecular weight is 955 g/mol. The van der Waals surface area contributed by atoms with Gasteiger partial charge in [0.25, 0.3) is 0 Å². The van der Waals surface area contributed by atoms with Crippen LogP contribution in [0.15, 0.2) is 146 Å². The summed E-state index contributed by atoms with van der Waals surface area (Å²) >= 11 is 0. The molecule has 0 aliphatic heterocycles. The predicted molar refractivity (Wildman–Crippen MR) is 243 cm³/mol. The topological polar surface area (TPSA) is 30.7 Å². The monoisotopic (exact) mass is 954 g/mol. The predicted octanol–water partition coefficient (Wildman–Crippen LogP) is 13.8. The number of fused-ring (bicyclic) bond motifs is 13. The Balaban J connectivity index is 0.00000433. The standard InChI is InChI=1S/C56H45N3.Pt/c1-34-19-23-47-44(28-34)53-48(56(47)45-16-10-8-14-40(45)41-15-9-11-17-46(41)56)24-26-52(58-53)59-50-25-21-35(37-29-38(54(2,3)4)33-39(30-37)55(5,6)7)31-43(50)42-22-20-36(32-51(42)59)49-18-12-13-27-57-49;/h8-27,29-31,33H,1-7H3;/q-2;+2. The van der Waals surface area contributed by atoms with Gasteiger partial charge in [0.15, 0.2) is 0 Å². The Morgan fingerprint density at radius 2 is 1.23 bits per heavy atom. The minimum absolute atomic E-state index is 0. The van der Waals surface area contributed by atoms with E-state index in [1.54, 1.807) is 0 Å². The Hall–Kier alpha value is -5.89. The number of nitrogens with zero attached hydrogens (tertiary/aromatic N) is 3. The van der Waals surface area contributed by atoms with Crippen molar-refractivity contribution in [2.45, 2.75) is 64.7 Å². The van der Waals surface area contributed by atoms with E-state index in [-0.39, 0.29) is 31.9 Å². The summed E-state index contributed by atoms with van der Waals surface area (Å²) in [5.74, 6) is 0.855. The van der Waals surface area contributed by atoms with Crippen molar-refractivity contribution in [3.63, 3.8) is 0 Å². The Morgan fingerprint density at radius 3 is 1.90 bits per heavy atom. The summed E-state index contributed by atoms with van der Waals surface area (Å²) in [4.78, 5) is 10.4. The van der Waals surface area contributed by atoms with Gasteiger partial charge in [-0.1, -0.05) is 156 Å². The summed E-state index contributed by atoms with van der Waals surface area (Å²) in [6.07, 6.45) is 1.85. The molecule has 0 radical (unpaired) electrons. The van der Waals surface area contributed by atoms with E-state index in [9.17, 15) is 0 Å². The Kier molecular flexibility index (Phi) is 8.66.